The number of hydrogen-bond donors (Lipinski definition) is 5. The Morgan fingerprint density at radius 1 is 0.975 bits per heavy atom. The highest BCUT2D eigenvalue weighted by molar-refractivity contribution is 5.87. The van der Waals surface area contributed by atoms with E-state index in [4.69, 9.17) is 4.74 Å². The highest BCUT2D eigenvalue weighted by Crippen LogP contribution is 2.34. The quantitative estimate of drug-likeness (QED) is 0.204. The lowest BCUT2D eigenvalue weighted by Gasteiger charge is -2.29. The Kier molecular flexibility index (Phi) is 8.69. The maximum Gasteiger partial charge on any atom is 0.248 e. The standard InChI is InChI=1S/C32H37N3O5/c1-35-15-12-23(13-16-35)27-18-21(4-9-28(27)36)14-17-40-24-5-2-22(3-6-24)19-33-20-30(38)25-7-10-29(37)32-26(25)8-11-31(39)34-32/h2-11,18,23,30,33,36-38H,12-17,19-20H2,1H3,(H,34,39). The smallest absolute Gasteiger partial charge is 0.248 e. The van der Waals surface area contributed by atoms with Gasteiger partial charge >= 0.3 is 0 Å². The number of aromatic hydroxyl groups is 2. The number of fused-ring (bicyclic) bond motifs is 1. The maximum atomic E-state index is 11.6. The van der Waals surface area contributed by atoms with Crippen LogP contribution in [0.15, 0.2) is 71.5 Å². The van der Waals surface area contributed by atoms with Gasteiger partial charge < -0.3 is 35.3 Å². The van der Waals surface area contributed by atoms with Crippen molar-refractivity contribution in [1.29, 1.82) is 0 Å². The monoisotopic (exact) mass is 543 g/mol. The summed E-state index contributed by atoms with van der Waals surface area (Å²) in [4.78, 5) is 16.6. The molecule has 0 saturated carbocycles. The van der Waals surface area contributed by atoms with Crippen molar-refractivity contribution < 1.29 is 20.1 Å². The number of ether oxygens (including phenoxy) is 1. The number of aromatic nitrogens is 1. The van der Waals surface area contributed by atoms with E-state index in [-0.39, 0.29) is 11.3 Å². The minimum atomic E-state index is -0.809. The number of phenols is 2. The number of benzene rings is 3. The Bertz CT molecular complexity index is 1490. The highest BCUT2D eigenvalue weighted by Gasteiger charge is 2.21. The van der Waals surface area contributed by atoms with Crippen LogP contribution in [-0.2, 0) is 13.0 Å². The number of H-pyrrole nitrogens is 1. The molecule has 8 nitrogen and oxygen atoms in total. The van der Waals surface area contributed by atoms with Gasteiger partial charge in [-0.3, -0.25) is 4.79 Å². The van der Waals surface area contributed by atoms with E-state index in [1.807, 2.05) is 36.4 Å². The van der Waals surface area contributed by atoms with Gasteiger partial charge in [-0.2, -0.15) is 0 Å². The van der Waals surface area contributed by atoms with Crippen molar-refractivity contribution in [1.82, 2.24) is 15.2 Å². The number of phenolic OH excluding ortho intramolecular Hbond substituents is 2. The number of pyridine rings is 1. The summed E-state index contributed by atoms with van der Waals surface area (Å²) in [5.74, 6) is 1.57. The average Bonchev–Trinajstić information content (AvgIpc) is 2.96. The third-order valence-corrected chi connectivity index (χ3v) is 7.77. The zero-order chi connectivity index (χ0) is 28.1. The minimum absolute atomic E-state index is 0.0283. The van der Waals surface area contributed by atoms with Gasteiger partial charge in [-0.1, -0.05) is 30.3 Å². The van der Waals surface area contributed by atoms with Crippen LogP contribution in [0.3, 0.4) is 0 Å². The molecule has 8 heteroatoms. The van der Waals surface area contributed by atoms with Crippen molar-refractivity contribution >= 4 is 10.9 Å². The normalized spacial score (nSPS) is 15.3. The molecule has 1 aliphatic rings. The number of likely N-dealkylation sites (tertiary alicyclic amines) is 1. The lowest BCUT2D eigenvalue weighted by atomic mass is 9.88. The molecule has 1 fully saturated rings. The van der Waals surface area contributed by atoms with Crippen molar-refractivity contribution in [2.75, 3.05) is 33.3 Å². The largest absolute Gasteiger partial charge is 0.508 e. The van der Waals surface area contributed by atoms with Crippen LogP contribution >= 0.6 is 0 Å². The molecule has 1 aromatic heterocycles. The van der Waals surface area contributed by atoms with Gasteiger partial charge in [0.15, 0.2) is 0 Å². The van der Waals surface area contributed by atoms with E-state index in [0.29, 0.717) is 47.8 Å². The van der Waals surface area contributed by atoms with E-state index in [1.54, 1.807) is 12.1 Å². The minimum Gasteiger partial charge on any atom is -0.508 e. The molecular formula is C32H37N3O5. The van der Waals surface area contributed by atoms with E-state index in [2.05, 4.69) is 28.3 Å². The second kappa shape index (κ2) is 12.6. The summed E-state index contributed by atoms with van der Waals surface area (Å²) in [7, 11) is 2.14. The third kappa shape index (κ3) is 6.65. The second-order valence-electron chi connectivity index (χ2n) is 10.6. The summed E-state index contributed by atoms with van der Waals surface area (Å²) in [6.07, 6.45) is 2.09. The predicted octanol–water partition coefficient (Wildman–Crippen LogP) is 4.19. The van der Waals surface area contributed by atoms with Gasteiger partial charge in [0.25, 0.3) is 0 Å². The van der Waals surface area contributed by atoms with Crippen LogP contribution in [0.25, 0.3) is 10.9 Å². The molecule has 1 aliphatic heterocycles. The molecule has 2 heterocycles. The summed E-state index contributed by atoms with van der Waals surface area (Å²) >= 11 is 0. The SMILES string of the molecule is CN1CCC(c2cc(CCOc3ccc(CNCC(O)c4ccc(O)c5[nH]c(=O)ccc45)cc3)ccc2O)CC1. The zero-order valence-corrected chi connectivity index (χ0v) is 22.8. The molecule has 4 aromatic rings. The molecule has 40 heavy (non-hydrogen) atoms. The zero-order valence-electron chi connectivity index (χ0n) is 22.8. The first kappa shape index (κ1) is 27.7. The summed E-state index contributed by atoms with van der Waals surface area (Å²) in [6.45, 7) is 3.54. The fourth-order valence-electron chi connectivity index (χ4n) is 5.41. The Labute approximate surface area is 233 Å². The number of hydrogen-bond acceptors (Lipinski definition) is 7. The molecule has 0 radical (unpaired) electrons. The average molecular weight is 544 g/mol. The molecule has 0 aliphatic carbocycles. The molecule has 1 saturated heterocycles. The van der Waals surface area contributed by atoms with Crippen molar-refractivity contribution in [3.8, 4) is 17.2 Å². The number of aliphatic hydroxyl groups excluding tert-OH is 1. The van der Waals surface area contributed by atoms with Gasteiger partial charge in [0, 0.05) is 31.0 Å². The van der Waals surface area contributed by atoms with Crippen LogP contribution in [0, 0.1) is 0 Å². The number of aliphatic hydroxyl groups is 1. The fourth-order valence-corrected chi connectivity index (χ4v) is 5.41. The van der Waals surface area contributed by atoms with Crippen LogP contribution in [0.4, 0.5) is 0 Å². The van der Waals surface area contributed by atoms with Crippen molar-refractivity contribution in [2.45, 2.75) is 37.8 Å². The second-order valence-corrected chi connectivity index (χ2v) is 10.6. The van der Waals surface area contributed by atoms with Crippen molar-refractivity contribution in [3.63, 3.8) is 0 Å². The van der Waals surface area contributed by atoms with Gasteiger partial charge in [0.1, 0.15) is 17.2 Å². The highest BCUT2D eigenvalue weighted by atomic mass is 16.5. The Balaban J connectivity index is 1.09. The number of piperidine rings is 1. The topological polar surface area (TPSA) is 118 Å². The lowest BCUT2D eigenvalue weighted by molar-refractivity contribution is 0.176. The number of aromatic amines is 1. The Hall–Kier alpha value is -3.85. The molecule has 0 spiro atoms. The van der Waals surface area contributed by atoms with E-state index in [1.165, 1.54) is 17.7 Å². The summed E-state index contributed by atoms with van der Waals surface area (Å²) in [5.41, 5.74) is 3.92. The lowest BCUT2D eigenvalue weighted by Crippen LogP contribution is -2.29. The fraction of sp³-hybridized carbons (Fsp3) is 0.344. The first-order valence-corrected chi connectivity index (χ1v) is 13.8. The van der Waals surface area contributed by atoms with Gasteiger partial charge in [-0.25, -0.2) is 0 Å². The maximum absolute atomic E-state index is 11.6. The molecule has 5 N–H and O–H groups in total. The van der Waals surface area contributed by atoms with E-state index in [9.17, 15) is 20.1 Å². The Morgan fingerprint density at radius 3 is 2.48 bits per heavy atom. The summed E-state index contributed by atoms with van der Waals surface area (Å²) in [6, 6.07) is 19.9. The van der Waals surface area contributed by atoms with Gasteiger partial charge in [-0.05, 0) is 91.5 Å². The van der Waals surface area contributed by atoms with Gasteiger partial charge in [0.2, 0.25) is 5.56 Å². The summed E-state index contributed by atoms with van der Waals surface area (Å²) < 4.78 is 5.98. The van der Waals surface area contributed by atoms with Gasteiger partial charge in [0.05, 0.1) is 18.2 Å². The first-order chi connectivity index (χ1) is 19.4. The van der Waals surface area contributed by atoms with Crippen LogP contribution in [-0.4, -0.2) is 58.5 Å². The molecule has 5 rings (SSSR count). The molecule has 3 aromatic carbocycles. The van der Waals surface area contributed by atoms with E-state index < -0.39 is 6.10 Å². The first-order valence-electron chi connectivity index (χ1n) is 13.8. The third-order valence-electron chi connectivity index (χ3n) is 7.77. The van der Waals surface area contributed by atoms with Crippen LogP contribution in [0.5, 0.6) is 17.2 Å². The molecule has 0 bridgehead atoms. The predicted molar refractivity (Wildman–Crippen MR) is 156 cm³/mol. The number of nitrogens with one attached hydrogen (secondary N) is 2. The molecule has 1 unspecified atom stereocenters. The Morgan fingerprint density at radius 2 is 1.70 bits per heavy atom. The van der Waals surface area contributed by atoms with Gasteiger partial charge in [-0.15, -0.1) is 0 Å². The van der Waals surface area contributed by atoms with Crippen LogP contribution in [0.1, 0.15) is 47.1 Å². The van der Waals surface area contributed by atoms with E-state index >= 15 is 0 Å². The number of nitrogens with zero attached hydrogens (tertiary/aromatic N) is 1. The number of rotatable bonds is 10. The molecule has 0 amide bonds. The van der Waals surface area contributed by atoms with E-state index in [0.717, 1.165) is 49.2 Å². The van der Waals surface area contributed by atoms with Crippen LogP contribution < -0.4 is 15.6 Å². The summed E-state index contributed by atoms with van der Waals surface area (Å²) in [5, 5.41) is 35.1. The molecule has 1 atom stereocenters. The van der Waals surface area contributed by atoms with Crippen LogP contribution in [0.2, 0.25) is 0 Å². The van der Waals surface area contributed by atoms with Crippen molar-refractivity contribution in [2.24, 2.45) is 0 Å². The molecule has 210 valence electrons. The van der Waals surface area contributed by atoms with Crippen molar-refractivity contribution in [3.05, 3.63) is 99.3 Å². The molecular weight excluding hydrogens is 506 g/mol.